The summed E-state index contributed by atoms with van der Waals surface area (Å²) in [7, 11) is 3.25. The Morgan fingerprint density at radius 3 is 1.54 bits per heavy atom. The maximum atomic E-state index is 14.2. The molecule has 20 heteroatoms. The lowest BCUT2D eigenvalue weighted by Gasteiger charge is -2.32. The number of nitrogens with one attached hydrogen (secondary N) is 9. The van der Waals surface area contributed by atoms with Gasteiger partial charge in [0.2, 0.25) is 35.4 Å². The average molecular weight is 979 g/mol. The SMILES string of the molecule is CN[C@@H](C)C(=O)N[C@@H](CCNC(=O)c1cc(C(=O)NCC[C@H](NC(=O)[C@H](C)NC)C(=O)N2CCC[C@H]2C(=O)N[C@@H]2CCCc3ccccc32)[nH]n1)C(=O)N1CCC[C@H]1C(=O)N[C@@H]1CCCc2ccccc21. The molecular weight excluding hydrogens is 909 g/mol. The molecule has 8 atom stereocenters. The largest absolute Gasteiger partial charge is 0.351 e. The minimum absolute atomic E-state index is 0.00671. The molecule has 7 rings (SSSR count). The van der Waals surface area contributed by atoms with Gasteiger partial charge in [-0.1, -0.05) is 48.5 Å². The molecule has 0 radical (unpaired) electrons. The zero-order valence-electron chi connectivity index (χ0n) is 41.2. The first-order chi connectivity index (χ1) is 34.3. The number of nitrogens with zero attached hydrogens (tertiary/aromatic N) is 3. The van der Waals surface area contributed by atoms with Crippen LogP contribution in [0.1, 0.15) is 133 Å². The Bertz CT molecular complexity index is 2260. The molecular formula is C51H70N12O8. The minimum Gasteiger partial charge on any atom is -0.351 e. The van der Waals surface area contributed by atoms with Gasteiger partial charge in [0, 0.05) is 32.2 Å². The summed E-state index contributed by atoms with van der Waals surface area (Å²) in [5.41, 5.74) is 4.44. The Morgan fingerprint density at radius 2 is 1.07 bits per heavy atom. The second-order valence-corrected chi connectivity index (χ2v) is 19.1. The van der Waals surface area contributed by atoms with Crippen molar-refractivity contribution in [3.63, 3.8) is 0 Å². The van der Waals surface area contributed by atoms with Gasteiger partial charge in [0.25, 0.3) is 11.8 Å². The number of likely N-dealkylation sites (N-methyl/N-ethyl adjacent to an activating group) is 2. The number of H-pyrrole nitrogens is 1. The van der Waals surface area contributed by atoms with E-state index in [9.17, 15) is 38.4 Å². The number of hydrogen-bond donors (Lipinski definition) is 9. The smallest absolute Gasteiger partial charge is 0.271 e. The highest BCUT2D eigenvalue weighted by Gasteiger charge is 2.41. The highest BCUT2D eigenvalue weighted by atomic mass is 16.2. The molecule has 2 saturated heterocycles. The Hall–Kier alpha value is -6.67. The van der Waals surface area contributed by atoms with Crippen molar-refractivity contribution in [1.29, 1.82) is 0 Å². The molecule has 8 amide bonds. The molecule has 0 unspecified atom stereocenters. The van der Waals surface area contributed by atoms with E-state index in [0.29, 0.717) is 38.8 Å². The van der Waals surface area contributed by atoms with E-state index in [2.05, 4.69) is 64.9 Å². The van der Waals surface area contributed by atoms with E-state index in [0.717, 1.165) is 49.7 Å². The molecule has 2 aliphatic carbocycles. The van der Waals surface area contributed by atoms with Gasteiger partial charge in [0.1, 0.15) is 29.9 Å². The van der Waals surface area contributed by atoms with Crippen molar-refractivity contribution in [1.82, 2.24) is 62.5 Å². The van der Waals surface area contributed by atoms with E-state index in [4.69, 9.17) is 0 Å². The Morgan fingerprint density at radius 1 is 0.620 bits per heavy atom. The summed E-state index contributed by atoms with van der Waals surface area (Å²) in [6.07, 6.45) is 7.58. The molecule has 0 saturated carbocycles. The number of likely N-dealkylation sites (tertiary alicyclic amines) is 2. The van der Waals surface area contributed by atoms with E-state index >= 15 is 0 Å². The van der Waals surface area contributed by atoms with Crippen LogP contribution in [0, 0.1) is 0 Å². The molecule has 4 aliphatic rings. The van der Waals surface area contributed by atoms with Crippen LogP contribution in [0.15, 0.2) is 54.6 Å². The number of carbonyl (C=O) groups excluding carboxylic acids is 8. The number of aromatic nitrogens is 2. The maximum absolute atomic E-state index is 14.2. The van der Waals surface area contributed by atoms with Crippen LogP contribution in [0.4, 0.5) is 0 Å². The van der Waals surface area contributed by atoms with E-state index < -0.39 is 71.7 Å². The lowest BCUT2D eigenvalue weighted by Crippen LogP contribution is -2.56. The van der Waals surface area contributed by atoms with Crippen molar-refractivity contribution in [2.45, 2.75) is 139 Å². The highest BCUT2D eigenvalue weighted by molar-refractivity contribution is 5.98. The Balaban J connectivity index is 0.927. The summed E-state index contributed by atoms with van der Waals surface area (Å²) in [4.78, 5) is 112. The molecule has 3 aromatic rings. The molecule has 2 fully saturated rings. The number of hydrogen-bond acceptors (Lipinski definition) is 11. The van der Waals surface area contributed by atoms with Gasteiger partial charge in [-0.15, -0.1) is 0 Å². The third-order valence-corrected chi connectivity index (χ3v) is 14.4. The number of fused-ring (bicyclic) bond motifs is 2. The summed E-state index contributed by atoms with van der Waals surface area (Å²) < 4.78 is 0. The fraction of sp³-hybridized carbons (Fsp3) is 0.549. The first-order valence-electron chi connectivity index (χ1n) is 25.2. The van der Waals surface area contributed by atoms with Crippen LogP contribution >= 0.6 is 0 Å². The minimum atomic E-state index is -1.06. The van der Waals surface area contributed by atoms with Crippen LogP contribution in [-0.2, 0) is 41.6 Å². The lowest BCUT2D eigenvalue weighted by atomic mass is 9.87. The van der Waals surface area contributed by atoms with Gasteiger partial charge in [-0.05, 0) is 127 Å². The summed E-state index contributed by atoms with van der Waals surface area (Å²) in [5.74, 6) is -3.44. The number of amides is 8. The predicted octanol–water partition coefficient (Wildman–Crippen LogP) is 1.20. The molecule has 0 spiro atoms. The number of carbonyl (C=O) groups is 8. The fourth-order valence-corrected chi connectivity index (χ4v) is 10.1. The highest BCUT2D eigenvalue weighted by Crippen LogP contribution is 2.32. The fourth-order valence-electron chi connectivity index (χ4n) is 10.1. The van der Waals surface area contributed by atoms with Gasteiger partial charge in [0.15, 0.2) is 5.69 Å². The van der Waals surface area contributed by atoms with E-state index in [1.807, 2.05) is 36.4 Å². The van der Waals surface area contributed by atoms with Crippen LogP contribution in [0.5, 0.6) is 0 Å². The van der Waals surface area contributed by atoms with Gasteiger partial charge in [-0.25, -0.2) is 0 Å². The molecule has 0 bridgehead atoms. The second-order valence-electron chi connectivity index (χ2n) is 19.1. The molecule has 2 aromatic carbocycles. The van der Waals surface area contributed by atoms with Crippen LogP contribution in [-0.4, -0.2) is 144 Å². The van der Waals surface area contributed by atoms with Gasteiger partial charge < -0.3 is 52.3 Å². The van der Waals surface area contributed by atoms with Crippen molar-refractivity contribution < 1.29 is 38.4 Å². The van der Waals surface area contributed by atoms with Crippen LogP contribution < -0.4 is 42.5 Å². The maximum Gasteiger partial charge on any atom is 0.271 e. The molecule has 3 heterocycles. The molecule has 382 valence electrons. The molecule has 2 aliphatic heterocycles. The number of rotatable bonds is 20. The van der Waals surface area contributed by atoms with Crippen molar-refractivity contribution >= 4 is 47.3 Å². The van der Waals surface area contributed by atoms with E-state index in [1.165, 1.54) is 27.0 Å². The first kappa shape index (κ1) is 52.2. The average Bonchev–Trinajstić information content (AvgIpc) is 4.20. The van der Waals surface area contributed by atoms with Gasteiger partial charge in [-0.2, -0.15) is 5.10 Å². The molecule has 9 N–H and O–H groups in total. The van der Waals surface area contributed by atoms with Crippen molar-refractivity contribution in [2.75, 3.05) is 40.3 Å². The monoisotopic (exact) mass is 979 g/mol. The van der Waals surface area contributed by atoms with Crippen molar-refractivity contribution in [3.05, 3.63) is 88.2 Å². The summed E-state index contributed by atoms with van der Waals surface area (Å²) in [6, 6.07) is 12.3. The van der Waals surface area contributed by atoms with Crippen LogP contribution in [0.2, 0.25) is 0 Å². The number of aryl methyl sites for hydroxylation is 2. The summed E-state index contributed by atoms with van der Waals surface area (Å²) in [6.45, 7) is 3.89. The van der Waals surface area contributed by atoms with Crippen LogP contribution in [0.3, 0.4) is 0 Å². The van der Waals surface area contributed by atoms with E-state index in [-0.39, 0.29) is 61.2 Å². The second kappa shape index (κ2) is 24.4. The molecule has 20 nitrogen and oxygen atoms in total. The Kier molecular flexibility index (Phi) is 18.0. The standard InChI is InChI=1S/C51H70N12O8/c1-30(52-3)44(64)58-38(50(70)62-27-11-21-42(62)48(68)56-36-19-9-15-32-13-5-7-17-34(32)36)23-25-54-46(66)40-29-41(61-60-40)47(67)55-26-24-39(59-45(65)31(2)53-4)51(71)63-28-12-22-43(63)49(69)57-37-20-10-16-33-14-6-8-18-35(33)37/h5-8,13-14,17-18,29-31,36-39,42-43,52-53H,9-12,15-16,19-28H2,1-4H3,(H,54,66)(H,55,67)(H,56,68)(H,57,69)(H,58,64)(H,59,65)(H,60,61)/t30-,31-,36+,37+,38-,39-,42-,43-/m0/s1. The first-order valence-corrected chi connectivity index (χ1v) is 25.2. The summed E-state index contributed by atoms with van der Waals surface area (Å²) in [5, 5.41) is 29.8. The number of aromatic amines is 1. The lowest BCUT2D eigenvalue weighted by molar-refractivity contribution is -0.142. The van der Waals surface area contributed by atoms with Crippen molar-refractivity contribution in [3.8, 4) is 0 Å². The predicted molar refractivity (Wildman–Crippen MR) is 263 cm³/mol. The topological polar surface area (TPSA) is 268 Å². The Labute approximate surface area is 414 Å². The third-order valence-electron chi connectivity index (χ3n) is 14.4. The van der Waals surface area contributed by atoms with Crippen molar-refractivity contribution in [2.24, 2.45) is 0 Å². The zero-order valence-corrected chi connectivity index (χ0v) is 41.2. The quantitative estimate of drug-likeness (QED) is 0.0777. The molecule has 1 aromatic heterocycles. The normalized spacial score (nSPS) is 21.1. The number of benzene rings is 2. The van der Waals surface area contributed by atoms with E-state index in [1.54, 1.807) is 27.9 Å². The van der Waals surface area contributed by atoms with Gasteiger partial charge >= 0.3 is 0 Å². The molecule has 71 heavy (non-hydrogen) atoms. The van der Waals surface area contributed by atoms with Gasteiger partial charge in [-0.3, -0.25) is 43.5 Å². The van der Waals surface area contributed by atoms with Crippen LogP contribution in [0.25, 0.3) is 0 Å². The third kappa shape index (κ3) is 12.8. The zero-order chi connectivity index (χ0) is 50.6. The summed E-state index contributed by atoms with van der Waals surface area (Å²) >= 11 is 0. The van der Waals surface area contributed by atoms with Gasteiger partial charge in [0.05, 0.1) is 24.2 Å².